The number of thiophene rings is 1. The van der Waals surface area contributed by atoms with E-state index in [1.54, 1.807) is 21.7 Å². The maximum absolute atomic E-state index is 12.5. The highest BCUT2D eigenvalue weighted by Gasteiger charge is 2.30. The molecule has 1 aliphatic heterocycles. The van der Waals surface area contributed by atoms with E-state index < -0.39 is 10.0 Å². The zero-order chi connectivity index (χ0) is 13.3. The molecule has 1 saturated heterocycles. The van der Waals surface area contributed by atoms with Crippen molar-refractivity contribution in [3.8, 4) is 0 Å². The maximum atomic E-state index is 12.5. The van der Waals surface area contributed by atoms with Gasteiger partial charge in [-0.3, -0.25) is 0 Å². The normalized spacial score (nSPS) is 19.3. The lowest BCUT2D eigenvalue weighted by atomic mass is 10.1. The summed E-state index contributed by atoms with van der Waals surface area (Å²) in [5.74, 6) is 0. The first-order chi connectivity index (χ1) is 8.45. The van der Waals surface area contributed by atoms with E-state index in [2.05, 4.69) is 5.32 Å². The molecule has 1 aromatic heterocycles. The Bertz CT molecular complexity index is 514. The van der Waals surface area contributed by atoms with Gasteiger partial charge in [-0.15, -0.1) is 11.3 Å². The molecular weight excluding hydrogens is 268 g/mol. The fourth-order valence-electron chi connectivity index (χ4n) is 2.39. The molecule has 2 rings (SSSR count). The Morgan fingerprint density at radius 2 is 1.94 bits per heavy atom. The monoisotopic (exact) mass is 288 g/mol. The van der Waals surface area contributed by atoms with Gasteiger partial charge in [0.05, 0.1) is 4.90 Å². The Morgan fingerprint density at radius 3 is 2.39 bits per heavy atom. The molecule has 102 valence electrons. The summed E-state index contributed by atoms with van der Waals surface area (Å²) in [6, 6.07) is 2.24. The second-order valence-corrected chi connectivity index (χ2v) is 8.11. The lowest BCUT2D eigenvalue weighted by Gasteiger charge is -2.30. The van der Waals surface area contributed by atoms with E-state index in [0.717, 1.165) is 22.6 Å². The van der Waals surface area contributed by atoms with E-state index in [0.29, 0.717) is 24.0 Å². The third-order valence-electron chi connectivity index (χ3n) is 3.48. The van der Waals surface area contributed by atoms with Crippen LogP contribution in [0, 0.1) is 13.8 Å². The van der Waals surface area contributed by atoms with E-state index in [1.807, 2.05) is 20.9 Å². The minimum Gasteiger partial charge on any atom is -0.317 e. The van der Waals surface area contributed by atoms with Gasteiger partial charge < -0.3 is 5.32 Å². The van der Waals surface area contributed by atoms with Crippen LogP contribution in [0.4, 0.5) is 0 Å². The van der Waals surface area contributed by atoms with Gasteiger partial charge in [-0.05, 0) is 39.8 Å². The molecule has 18 heavy (non-hydrogen) atoms. The molecule has 0 bridgehead atoms. The van der Waals surface area contributed by atoms with Gasteiger partial charge in [-0.25, -0.2) is 8.42 Å². The molecule has 0 aliphatic carbocycles. The third-order valence-corrected chi connectivity index (χ3v) is 6.60. The number of piperidine rings is 1. The first-order valence-corrected chi connectivity index (χ1v) is 8.45. The smallest absolute Gasteiger partial charge is 0.244 e. The van der Waals surface area contributed by atoms with Crippen molar-refractivity contribution in [1.82, 2.24) is 9.62 Å². The number of aryl methyl sites for hydroxylation is 2. The Morgan fingerprint density at radius 1 is 1.33 bits per heavy atom. The summed E-state index contributed by atoms with van der Waals surface area (Å²) >= 11 is 1.55. The van der Waals surface area contributed by atoms with Crippen molar-refractivity contribution < 1.29 is 8.42 Å². The van der Waals surface area contributed by atoms with Gasteiger partial charge in [0.1, 0.15) is 0 Å². The zero-order valence-corrected chi connectivity index (χ0v) is 12.7. The summed E-state index contributed by atoms with van der Waals surface area (Å²) in [6.07, 6.45) is 1.77. The minimum absolute atomic E-state index is 0.446. The highest BCUT2D eigenvalue weighted by Crippen LogP contribution is 2.29. The van der Waals surface area contributed by atoms with E-state index >= 15 is 0 Å². The molecule has 1 aromatic rings. The van der Waals surface area contributed by atoms with Crippen LogP contribution in [0.5, 0.6) is 0 Å². The van der Waals surface area contributed by atoms with Gasteiger partial charge in [-0.1, -0.05) is 0 Å². The van der Waals surface area contributed by atoms with Crippen molar-refractivity contribution in [2.45, 2.75) is 37.6 Å². The van der Waals surface area contributed by atoms with Crippen LogP contribution >= 0.6 is 11.3 Å². The predicted octanol–water partition coefficient (Wildman–Crippen LogP) is 1.74. The number of sulfonamides is 1. The fraction of sp³-hybridized carbons (Fsp3) is 0.667. The molecule has 0 atom stereocenters. The average Bonchev–Trinajstić information content (AvgIpc) is 2.69. The molecular formula is C12H20N2O2S2. The van der Waals surface area contributed by atoms with Gasteiger partial charge in [0.2, 0.25) is 10.0 Å². The van der Waals surface area contributed by atoms with Gasteiger partial charge in [0.15, 0.2) is 0 Å². The van der Waals surface area contributed by atoms with Gasteiger partial charge in [-0.2, -0.15) is 4.31 Å². The summed E-state index contributed by atoms with van der Waals surface area (Å²) in [4.78, 5) is 2.44. The average molecular weight is 288 g/mol. The lowest BCUT2D eigenvalue weighted by molar-refractivity contribution is 0.298. The molecule has 0 radical (unpaired) electrons. The number of nitrogens with one attached hydrogen (secondary N) is 1. The van der Waals surface area contributed by atoms with Crippen LogP contribution in [0.1, 0.15) is 22.6 Å². The van der Waals surface area contributed by atoms with E-state index in [-0.39, 0.29) is 0 Å². The van der Waals surface area contributed by atoms with E-state index in [4.69, 9.17) is 0 Å². The molecule has 0 saturated carbocycles. The van der Waals surface area contributed by atoms with Crippen molar-refractivity contribution in [3.63, 3.8) is 0 Å². The Kier molecular flexibility index (Phi) is 4.11. The summed E-state index contributed by atoms with van der Waals surface area (Å²) in [5.41, 5.74) is 0. The lowest BCUT2D eigenvalue weighted by Crippen LogP contribution is -2.43. The van der Waals surface area contributed by atoms with Crippen molar-refractivity contribution in [2.75, 3.05) is 20.1 Å². The SMILES string of the molecule is CNC1CCN(S(=O)(=O)c2cc(C)sc2C)CC1. The first-order valence-electron chi connectivity index (χ1n) is 6.19. The van der Waals surface area contributed by atoms with Crippen LogP contribution in [-0.4, -0.2) is 38.9 Å². The summed E-state index contributed by atoms with van der Waals surface area (Å²) in [5, 5.41) is 3.21. The highest BCUT2D eigenvalue weighted by molar-refractivity contribution is 7.89. The largest absolute Gasteiger partial charge is 0.317 e. The van der Waals surface area contributed by atoms with Crippen LogP contribution in [0.15, 0.2) is 11.0 Å². The van der Waals surface area contributed by atoms with Crippen LogP contribution in [0.3, 0.4) is 0 Å². The standard InChI is InChI=1S/C12H20N2O2S2/c1-9-8-12(10(2)17-9)18(15,16)14-6-4-11(13-3)5-7-14/h8,11,13H,4-7H2,1-3H3. The van der Waals surface area contributed by atoms with E-state index in [1.165, 1.54) is 0 Å². The summed E-state index contributed by atoms with van der Waals surface area (Å²) < 4.78 is 26.7. The number of hydrogen-bond acceptors (Lipinski definition) is 4. The molecule has 0 amide bonds. The van der Waals surface area contributed by atoms with E-state index in [9.17, 15) is 8.42 Å². The molecule has 2 heterocycles. The number of hydrogen-bond donors (Lipinski definition) is 1. The number of nitrogens with zero attached hydrogens (tertiary/aromatic N) is 1. The van der Waals surface area contributed by atoms with Crippen LogP contribution in [0.2, 0.25) is 0 Å². The molecule has 4 nitrogen and oxygen atoms in total. The van der Waals surface area contributed by atoms with Crippen LogP contribution in [-0.2, 0) is 10.0 Å². The number of rotatable bonds is 3. The quantitative estimate of drug-likeness (QED) is 0.921. The third kappa shape index (κ3) is 2.61. The molecule has 1 aliphatic rings. The topological polar surface area (TPSA) is 49.4 Å². The second kappa shape index (κ2) is 5.28. The zero-order valence-electron chi connectivity index (χ0n) is 11.1. The van der Waals surface area contributed by atoms with Crippen LogP contribution < -0.4 is 5.32 Å². The van der Waals surface area contributed by atoms with Crippen molar-refractivity contribution in [3.05, 3.63) is 15.8 Å². The first kappa shape index (κ1) is 14.0. The fourth-order valence-corrected chi connectivity index (χ4v) is 5.38. The second-order valence-electron chi connectivity index (χ2n) is 4.74. The highest BCUT2D eigenvalue weighted by atomic mass is 32.2. The van der Waals surface area contributed by atoms with Crippen molar-refractivity contribution in [1.29, 1.82) is 0 Å². The molecule has 0 spiro atoms. The Balaban J connectivity index is 2.20. The van der Waals surface area contributed by atoms with Gasteiger partial charge in [0, 0.05) is 28.9 Å². The Hall–Kier alpha value is -0.430. The predicted molar refractivity (Wildman–Crippen MR) is 74.6 cm³/mol. The Labute approximate surface area is 113 Å². The molecule has 1 fully saturated rings. The van der Waals surface area contributed by atoms with Crippen LogP contribution in [0.25, 0.3) is 0 Å². The van der Waals surface area contributed by atoms with Crippen molar-refractivity contribution >= 4 is 21.4 Å². The summed E-state index contributed by atoms with van der Waals surface area (Å²) in [7, 11) is -1.36. The minimum atomic E-state index is -3.29. The van der Waals surface area contributed by atoms with Crippen molar-refractivity contribution in [2.24, 2.45) is 0 Å². The molecule has 0 unspecified atom stereocenters. The molecule has 0 aromatic carbocycles. The summed E-state index contributed by atoms with van der Waals surface area (Å²) in [6.45, 7) is 5.05. The van der Waals surface area contributed by atoms with Gasteiger partial charge in [0.25, 0.3) is 0 Å². The van der Waals surface area contributed by atoms with Gasteiger partial charge >= 0.3 is 0 Å². The maximum Gasteiger partial charge on any atom is 0.244 e. The molecule has 1 N–H and O–H groups in total. The molecule has 6 heteroatoms.